The third-order valence-corrected chi connectivity index (χ3v) is 4.24. The van der Waals surface area contributed by atoms with Gasteiger partial charge in [-0.25, -0.2) is 4.98 Å². The van der Waals surface area contributed by atoms with Crippen molar-refractivity contribution in [3.63, 3.8) is 0 Å². The van der Waals surface area contributed by atoms with Crippen LogP contribution in [0.2, 0.25) is 0 Å². The van der Waals surface area contributed by atoms with Crippen molar-refractivity contribution in [2.75, 3.05) is 0 Å². The van der Waals surface area contributed by atoms with Gasteiger partial charge in [-0.1, -0.05) is 18.2 Å². The highest BCUT2D eigenvalue weighted by Gasteiger charge is 2.12. The molecular formula is C16H14N2O2S. The number of aromatic nitrogens is 1. The molecule has 0 aliphatic rings. The fourth-order valence-electron chi connectivity index (χ4n) is 1.95. The summed E-state index contributed by atoms with van der Waals surface area (Å²) in [7, 11) is 0. The van der Waals surface area contributed by atoms with Crippen LogP contribution in [0.5, 0.6) is 0 Å². The molecule has 0 saturated carbocycles. The second-order valence-electron chi connectivity index (χ2n) is 4.55. The van der Waals surface area contributed by atoms with Gasteiger partial charge in [0, 0.05) is 10.4 Å². The van der Waals surface area contributed by atoms with E-state index in [9.17, 15) is 4.79 Å². The third-order valence-electron chi connectivity index (χ3n) is 3.07. The maximum atomic E-state index is 12.0. The lowest BCUT2D eigenvalue weighted by molar-refractivity contribution is 0.0951. The molecule has 1 aromatic carbocycles. The average Bonchev–Trinajstić information content (AvgIpc) is 3.15. The molecule has 0 fully saturated rings. The van der Waals surface area contributed by atoms with E-state index >= 15 is 0 Å². The van der Waals surface area contributed by atoms with Gasteiger partial charge >= 0.3 is 0 Å². The number of hydrogen-bond donors (Lipinski definition) is 1. The van der Waals surface area contributed by atoms with Gasteiger partial charge in [-0.05, 0) is 31.2 Å². The minimum Gasteiger partial charge on any atom is -0.462 e. The second-order valence-corrected chi connectivity index (χ2v) is 5.64. The van der Waals surface area contributed by atoms with E-state index in [1.165, 1.54) is 11.3 Å². The van der Waals surface area contributed by atoms with Crippen LogP contribution >= 0.6 is 11.3 Å². The zero-order chi connectivity index (χ0) is 14.7. The summed E-state index contributed by atoms with van der Waals surface area (Å²) in [6.45, 7) is 2.41. The number of rotatable bonds is 4. The van der Waals surface area contributed by atoms with Crippen molar-refractivity contribution in [1.29, 1.82) is 0 Å². The Bertz CT molecular complexity index is 733. The molecule has 2 aromatic heterocycles. The number of nitrogens with zero attached hydrogens (tertiary/aromatic N) is 1. The lowest BCUT2D eigenvalue weighted by Gasteiger charge is -2.03. The number of aryl methyl sites for hydroxylation is 1. The smallest absolute Gasteiger partial charge is 0.251 e. The van der Waals surface area contributed by atoms with Gasteiger partial charge in [0.1, 0.15) is 0 Å². The van der Waals surface area contributed by atoms with Crippen LogP contribution in [-0.2, 0) is 6.54 Å². The Kier molecular flexibility index (Phi) is 3.83. The van der Waals surface area contributed by atoms with E-state index < -0.39 is 0 Å². The van der Waals surface area contributed by atoms with Gasteiger partial charge in [0.2, 0.25) is 0 Å². The lowest BCUT2D eigenvalue weighted by atomic mass is 10.2. The predicted octanol–water partition coefficient (Wildman–Crippen LogP) is 3.64. The van der Waals surface area contributed by atoms with Crippen LogP contribution in [0.4, 0.5) is 0 Å². The van der Waals surface area contributed by atoms with E-state index in [2.05, 4.69) is 10.3 Å². The third kappa shape index (κ3) is 3.03. The van der Waals surface area contributed by atoms with Gasteiger partial charge in [-0.3, -0.25) is 4.79 Å². The van der Waals surface area contributed by atoms with Crippen molar-refractivity contribution in [3.05, 3.63) is 64.9 Å². The minimum atomic E-state index is -0.0806. The number of thiazole rings is 1. The summed E-state index contributed by atoms with van der Waals surface area (Å²) in [6.07, 6.45) is 1.63. The zero-order valence-corrected chi connectivity index (χ0v) is 12.3. The molecule has 0 bridgehead atoms. The van der Waals surface area contributed by atoms with E-state index in [4.69, 9.17) is 4.42 Å². The first kappa shape index (κ1) is 13.6. The Morgan fingerprint density at radius 2 is 2.05 bits per heavy atom. The summed E-state index contributed by atoms with van der Waals surface area (Å²) in [6, 6.07) is 12.9. The van der Waals surface area contributed by atoms with E-state index in [0.29, 0.717) is 12.1 Å². The number of nitrogens with one attached hydrogen (secondary N) is 1. The Balaban J connectivity index is 1.70. The quantitative estimate of drug-likeness (QED) is 0.800. The van der Waals surface area contributed by atoms with Gasteiger partial charge in [0.05, 0.1) is 18.5 Å². The molecule has 2 heterocycles. The van der Waals surface area contributed by atoms with Crippen LogP contribution in [0, 0.1) is 6.92 Å². The molecule has 0 unspecified atom stereocenters. The highest BCUT2D eigenvalue weighted by atomic mass is 32.1. The summed E-state index contributed by atoms with van der Waals surface area (Å²) >= 11 is 1.53. The van der Waals surface area contributed by atoms with Crippen molar-refractivity contribution in [2.24, 2.45) is 0 Å². The number of hydrogen-bond acceptors (Lipinski definition) is 4. The topological polar surface area (TPSA) is 55.1 Å². The van der Waals surface area contributed by atoms with Crippen molar-refractivity contribution < 1.29 is 9.21 Å². The van der Waals surface area contributed by atoms with Gasteiger partial charge in [0.25, 0.3) is 5.91 Å². The molecule has 0 saturated heterocycles. The molecule has 3 aromatic rings. The first-order valence-electron chi connectivity index (χ1n) is 6.57. The molecule has 21 heavy (non-hydrogen) atoms. The number of carbonyl (C=O) groups is 1. The molecule has 0 aliphatic heterocycles. The van der Waals surface area contributed by atoms with Gasteiger partial charge in [-0.15, -0.1) is 11.3 Å². The van der Waals surface area contributed by atoms with Crippen LogP contribution in [0.25, 0.3) is 10.8 Å². The molecule has 106 valence electrons. The first-order valence-corrected chi connectivity index (χ1v) is 7.39. The van der Waals surface area contributed by atoms with Crippen molar-refractivity contribution in [1.82, 2.24) is 10.3 Å². The van der Waals surface area contributed by atoms with Crippen LogP contribution in [-0.4, -0.2) is 10.9 Å². The summed E-state index contributed by atoms with van der Waals surface area (Å²) in [5, 5.41) is 3.75. The standard InChI is InChI=1S/C16H14N2O2S/c1-11-14(21-16(18-11)13-8-5-9-20-13)10-17-15(19)12-6-3-2-4-7-12/h2-9H,10H2,1H3,(H,17,19). The van der Waals surface area contributed by atoms with Crippen molar-refractivity contribution >= 4 is 17.2 Å². The first-order chi connectivity index (χ1) is 10.2. The van der Waals surface area contributed by atoms with Crippen molar-refractivity contribution in [3.8, 4) is 10.8 Å². The summed E-state index contributed by atoms with van der Waals surface area (Å²) < 4.78 is 5.34. The number of furan rings is 1. The Hall–Kier alpha value is -2.40. The molecule has 1 N–H and O–H groups in total. The number of benzene rings is 1. The van der Waals surface area contributed by atoms with Crippen LogP contribution in [0.1, 0.15) is 20.9 Å². The molecule has 3 rings (SSSR count). The lowest BCUT2D eigenvalue weighted by Crippen LogP contribution is -2.22. The Labute approximate surface area is 126 Å². The SMILES string of the molecule is Cc1nc(-c2ccco2)sc1CNC(=O)c1ccccc1. The summed E-state index contributed by atoms with van der Waals surface area (Å²) in [5.41, 5.74) is 1.57. The molecule has 1 amide bonds. The maximum Gasteiger partial charge on any atom is 0.251 e. The summed E-state index contributed by atoms with van der Waals surface area (Å²) in [4.78, 5) is 17.5. The molecule has 4 nitrogen and oxygen atoms in total. The van der Waals surface area contributed by atoms with E-state index in [1.807, 2.05) is 37.3 Å². The zero-order valence-electron chi connectivity index (χ0n) is 11.5. The number of amides is 1. The van der Waals surface area contributed by atoms with Crippen molar-refractivity contribution in [2.45, 2.75) is 13.5 Å². The Morgan fingerprint density at radius 3 is 2.76 bits per heavy atom. The van der Waals surface area contributed by atoms with Gasteiger partial charge < -0.3 is 9.73 Å². The van der Waals surface area contributed by atoms with E-state index in [1.54, 1.807) is 18.4 Å². The summed E-state index contributed by atoms with van der Waals surface area (Å²) in [5.74, 6) is 0.673. The van der Waals surface area contributed by atoms with Gasteiger partial charge in [0.15, 0.2) is 10.8 Å². The fourth-order valence-corrected chi connectivity index (χ4v) is 2.92. The molecule has 0 aliphatic carbocycles. The van der Waals surface area contributed by atoms with Crippen LogP contribution in [0.3, 0.4) is 0 Å². The number of carbonyl (C=O) groups excluding carboxylic acids is 1. The molecule has 0 spiro atoms. The molecular weight excluding hydrogens is 284 g/mol. The Morgan fingerprint density at radius 1 is 1.24 bits per heavy atom. The van der Waals surface area contributed by atoms with Crippen LogP contribution < -0.4 is 5.32 Å². The molecule has 0 atom stereocenters. The largest absolute Gasteiger partial charge is 0.462 e. The van der Waals surface area contributed by atoms with Gasteiger partial charge in [-0.2, -0.15) is 0 Å². The van der Waals surface area contributed by atoms with Crippen LogP contribution in [0.15, 0.2) is 53.1 Å². The molecule has 0 radical (unpaired) electrons. The highest BCUT2D eigenvalue weighted by molar-refractivity contribution is 7.15. The molecule has 5 heteroatoms. The monoisotopic (exact) mass is 298 g/mol. The maximum absolute atomic E-state index is 12.0. The minimum absolute atomic E-state index is 0.0806. The second kappa shape index (κ2) is 5.93. The van der Waals surface area contributed by atoms with E-state index in [0.717, 1.165) is 21.3 Å². The normalized spacial score (nSPS) is 10.5. The van der Waals surface area contributed by atoms with E-state index in [-0.39, 0.29) is 5.91 Å². The fraction of sp³-hybridized carbons (Fsp3) is 0.125. The highest BCUT2D eigenvalue weighted by Crippen LogP contribution is 2.28. The average molecular weight is 298 g/mol. The predicted molar refractivity (Wildman–Crippen MR) is 82.2 cm³/mol.